The molecule has 0 aliphatic carbocycles. The average Bonchev–Trinajstić information content (AvgIpc) is 2.57. The molecule has 2 nitrogen and oxygen atoms in total. The molecule has 0 spiro atoms. The number of rotatable bonds is 9. The van der Waals surface area contributed by atoms with Crippen LogP contribution < -0.4 is 9.64 Å². The van der Waals surface area contributed by atoms with Crippen LogP contribution in [-0.4, -0.2) is 26.2 Å². The van der Waals surface area contributed by atoms with Crippen LogP contribution in [0.5, 0.6) is 5.75 Å². The van der Waals surface area contributed by atoms with Gasteiger partial charge in [0.2, 0.25) is 0 Å². The lowest BCUT2D eigenvalue weighted by Gasteiger charge is -2.16. The fourth-order valence-electron chi connectivity index (χ4n) is 2.71. The molecule has 0 saturated carbocycles. The quantitative estimate of drug-likeness (QED) is 0.703. The van der Waals surface area contributed by atoms with Gasteiger partial charge in [0.1, 0.15) is 5.75 Å². The van der Waals surface area contributed by atoms with Gasteiger partial charge in [-0.25, -0.2) is 0 Å². The molecule has 0 radical (unpaired) electrons. The van der Waals surface area contributed by atoms with E-state index in [1.54, 1.807) is 4.90 Å². The third kappa shape index (κ3) is 5.19. The minimum atomic E-state index is 0.801. The van der Waals surface area contributed by atoms with E-state index in [4.69, 9.17) is 4.74 Å². The lowest BCUT2D eigenvalue weighted by atomic mass is 10.0. The maximum atomic E-state index is 6.04. The van der Waals surface area contributed by atoms with Crippen molar-refractivity contribution in [2.24, 2.45) is 0 Å². The molecule has 2 rings (SSSR count). The maximum Gasteiger partial charge on any atom is 0.122 e. The lowest BCUT2D eigenvalue weighted by molar-refractivity contribution is -0.896. The van der Waals surface area contributed by atoms with E-state index in [0.29, 0.717) is 0 Å². The van der Waals surface area contributed by atoms with Gasteiger partial charge in [-0.1, -0.05) is 48.5 Å². The minimum absolute atomic E-state index is 0.801. The smallest absolute Gasteiger partial charge is 0.122 e. The van der Waals surface area contributed by atoms with Gasteiger partial charge >= 0.3 is 0 Å². The highest BCUT2D eigenvalue weighted by Gasteiger charge is 2.06. The topological polar surface area (TPSA) is 13.7 Å². The van der Waals surface area contributed by atoms with E-state index in [9.17, 15) is 0 Å². The molecule has 118 valence electrons. The van der Waals surface area contributed by atoms with E-state index in [2.05, 4.69) is 68.4 Å². The summed E-state index contributed by atoms with van der Waals surface area (Å²) in [6.07, 6.45) is 2.04. The Balaban J connectivity index is 1.89. The standard InChI is InChI=1S/C20H27NO/c1-3-21(4-2)15-10-16-22-20-14-9-8-13-19(20)17-18-11-6-5-7-12-18/h5-9,11-14H,3-4,10,15-17H2,1-2H3/p+1. The molecular formula is C20H28NO+. The van der Waals surface area contributed by atoms with Gasteiger partial charge in [-0.05, 0) is 31.0 Å². The first-order chi connectivity index (χ1) is 10.8. The first-order valence-electron chi connectivity index (χ1n) is 8.41. The molecule has 0 aromatic heterocycles. The van der Waals surface area contributed by atoms with Crippen LogP contribution in [0.25, 0.3) is 0 Å². The summed E-state index contributed by atoms with van der Waals surface area (Å²) in [5.74, 6) is 1.03. The van der Waals surface area contributed by atoms with Gasteiger partial charge in [0, 0.05) is 12.8 Å². The predicted molar refractivity (Wildman–Crippen MR) is 92.7 cm³/mol. The number of benzene rings is 2. The first kappa shape index (κ1) is 16.6. The summed E-state index contributed by atoms with van der Waals surface area (Å²) in [5, 5.41) is 0. The largest absolute Gasteiger partial charge is 0.493 e. The summed E-state index contributed by atoms with van der Waals surface area (Å²) in [5.41, 5.74) is 2.59. The zero-order valence-corrected chi connectivity index (χ0v) is 13.8. The molecule has 0 bridgehead atoms. The van der Waals surface area contributed by atoms with Crippen molar-refractivity contribution in [3.05, 3.63) is 65.7 Å². The van der Waals surface area contributed by atoms with Crippen molar-refractivity contribution >= 4 is 0 Å². The number of ether oxygens (including phenoxy) is 1. The molecule has 0 aliphatic heterocycles. The van der Waals surface area contributed by atoms with Crippen LogP contribution in [0.2, 0.25) is 0 Å². The highest BCUT2D eigenvalue weighted by molar-refractivity contribution is 5.37. The van der Waals surface area contributed by atoms with Crippen molar-refractivity contribution in [1.29, 1.82) is 0 Å². The molecule has 1 N–H and O–H groups in total. The Kier molecular flexibility index (Phi) is 6.98. The molecule has 22 heavy (non-hydrogen) atoms. The zero-order valence-electron chi connectivity index (χ0n) is 13.8. The Morgan fingerprint density at radius 3 is 2.27 bits per heavy atom. The molecule has 2 heteroatoms. The second kappa shape index (κ2) is 9.26. The van der Waals surface area contributed by atoms with Crippen LogP contribution >= 0.6 is 0 Å². The lowest BCUT2D eigenvalue weighted by Crippen LogP contribution is -3.11. The molecule has 0 unspecified atom stereocenters. The van der Waals surface area contributed by atoms with Crippen LogP contribution in [0.3, 0.4) is 0 Å². The fourth-order valence-corrected chi connectivity index (χ4v) is 2.71. The van der Waals surface area contributed by atoms with E-state index in [-0.39, 0.29) is 0 Å². The van der Waals surface area contributed by atoms with Crippen molar-refractivity contribution in [1.82, 2.24) is 0 Å². The molecule has 2 aromatic rings. The van der Waals surface area contributed by atoms with E-state index < -0.39 is 0 Å². The third-order valence-corrected chi connectivity index (χ3v) is 4.14. The third-order valence-electron chi connectivity index (χ3n) is 4.14. The average molecular weight is 298 g/mol. The monoisotopic (exact) mass is 298 g/mol. The van der Waals surface area contributed by atoms with E-state index in [1.807, 2.05) is 0 Å². The zero-order chi connectivity index (χ0) is 15.6. The SMILES string of the molecule is CC[NH+](CC)CCCOc1ccccc1Cc1ccccc1. The number of hydrogen-bond donors (Lipinski definition) is 1. The number of nitrogens with one attached hydrogen (secondary N) is 1. The van der Waals surface area contributed by atoms with Crippen LogP contribution in [-0.2, 0) is 6.42 Å². The highest BCUT2D eigenvalue weighted by atomic mass is 16.5. The van der Waals surface area contributed by atoms with E-state index in [1.165, 1.54) is 30.8 Å². The van der Waals surface area contributed by atoms with Crippen LogP contribution in [0.1, 0.15) is 31.4 Å². The summed E-state index contributed by atoms with van der Waals surface area (Å²) in [6.45, 7) is 8.87. The summed E-state index contributed by atoms with van der Waals surface area (Å²) >= 11 is 0. The van der Waals surface area contributed by atoms with Crippen molar-refractivity contribution in [3.63, 3.8) is 0 Å². The van der Waals surface area contributed by atoms with Crippen LogP contribution in [0, 0.1) is 0 Å². The Morgan fingerprint density at radius 1 is 0.864 bits per heavy atom. The fraction of sp³-hybridized carbons (Fsp3) is 0.400. The molecule has 0 atom stereocenters. The van der Waals surface area contributed by atoms with Gasteiger partial charge in [-0.2, -0.15) is 0 Å². The van der Waals surface area contributed by atoms with Gasteiger partial charge in [-0.3, -0.25) is 0 Å². The maximum absolute atomic E-state index is 6.04. The molecule has 0 aliphatic rings. The molecule has 0 saturated heterocycles. The Morgan fingerprint density at radius 2 is 1.55 bits per heavy atom. The van der Waals surface area contributed by atoms with Gasteiger partial charge in [-0.15, -0.1) is 0 Å². The normalized spacial score (nSPS) is 10.9. The van der Waals surface area contributed by atoms with E-state index >= 15 is 0 Å². The summed E-state index contributed by atoms with van der Waals surface area (Å²) in [6, 6.07) is 19.0. The Bertz CT molecular complexity index is 534. The molecule has 0 fully saturated rings. The van der Waals surface area contributed by atoms with E-state index in [0.717, 1.165) is 25.2 Å². The van der Waals surface area contributed by atoms with Gasteiger partial charge in [0.25, 0.3) is 0 Å². The first-order valence-corrected chi connectivity index (χ1v) is 8.41. The molecular weight excluding hydrogens is 270 g/mol. The summed E-state index contributed by atoms with van der Waals surface area (Å²) in [4.78, 5) is 1.64. The van der Waals surface area contributed by atoms with Crippen molar-refractivity contribution in [3.8, 4) is 5.75 Å². The minimum Gasteiger partial charge on any atom is -0.493 e. The van der Waals surface area contributed by atoms with Crippen molar-refractivity contribution in [2.75, 3.05) is 26.2 Å². The second-order valence-electron chi connectivity index (χ2n) is 5.68. The number of quaternary nitrogens is 1. The summed E-state index contributed by atoms with van der Waals surface area (Å²) in [7, 11) is 0. The van der Waals surface area contributed by atoms with Crippen molar-refractivity contribution < 1.29 is 9.64 Å². The Hall–Kier alpha value is -1.80. The van der Waals surface area contributed by atoms with Crippen LogP contribution in [0.15, 0.2) is 54.6 Å². The molecule has 2 aromatic carbocycles. The van der Waals surface area contributed by atoms with Gasteiger partial charge < -0.3 is 9.64 Å². The van der Waals surface area contributed by atoms with Gasteiger partial charge in [0.05, 0.1) is 26.2 Å². The predicted octanol–water partition coefficient (Wildman–Crippen LogP) is 2.97. The Labute approximate surface area is 134 Å². The summed E-state index contributed by atoms with van der Waals surface area (Å²) < 4.78 is 6.04. The number of hydrogen-bond acceptors (Lipinski definition) is 1. The molecule has 0 amide bonds. The molecule has 0 heterocycles. The highest BCUT2D eigenvalue weighted by Crippen LogP contribution is 2.21. The van der Waals surface area contributed by atoms with Gasteiger partial charge in [0.15, 0.2) is 0 Å². The van der Waals surface area contributed by atoms with Crippen molar-refractivity contribution in [2.45, 2.75) is 26.7 Å². The second-order valence-corrected chi connectivity index (χ2v) is 5.68. The van der Waals surface area contributed by atoms with Crippen LogP contribution in [0.4, 0.5) is 0 Å². The number of para-hydroxylation sites is 1.